The highest BCUT2D eigenvalue weighted by Crippen LogP contribution is 2.30. The van der Waals surface area contributed by atoms with Crippen molar-refractivity contribution in [2.75, 3.05) is 5.32 Å². The van der Waals surface area contributed by atoms with E-state index in [-0.39, 0.29) is 5.15 Å². The number of pyridine rings is 1. The van der Waals surface area contributed by atoms with E-state index >= 15 is 0 Å². The topological polar surface area (TPSA) is 81.2 Å². The van der Waals surface area contributed by atoms with E-state index in [1.807, 2.05) is 12.1 Å². The first kappa shape index (κ1) is 20.3. The number of hydrogen-bond donors (Lipinski definition) is 1. The molecule has 0 saturated carbocycles. The maximum Gasteiger partial charge on any atom is 0.351 e. The Bertz CT molecular complexity index is 1040. The second kappa shape index (κ2) is 8.68. The normalized spacial score (nSPS) is 11.7. The van der Waals surface area contributed by atoms with E-state index in [0.717, 1.165) is 5.56 Å². The van der Waals surface area contributed by atoms with Crippen LogP contribution in [0.3, 0.4) is 0 Å². The maximum atomic E-state index is 12.5. The van der Waals surface area contributed by atoms with Gasteiger partial charge in [-0.15, -0.1) is 11.3 Å². The summed E-state index contributed by atoms with van der Waals surface area (Å²) in [5.41, 5.74) is 1.67. The van der Waals surface area contributed by atoms with E-state index in [0.29, 0.717) is 26.3 Å². The Kier molecular flexibility index (Phi) is 6.28. The molecule has 2 aromatic heterocycles. The van der Waals surface area contributed by atoms with Gasteiger partial charge in [-0.2, -0.15) is 0 Å². The van der Waals surface area contributed by atoms with Crippen LogP contribution >= 0.6 is 34.5 Å². The molecule has 6 nitrogen and oxygen atoms in total. The van der Waals surface area contributed by atoms with Crippen LogP contribution in [0.2, 0.25) is 10.2 Å². The van der Waals surface area contributed by atoms with Gasteiger partial charge >= 0.3 is 5.97 Å². The van der Waals surface area contributed by atoms with Crippen molar-refractivity contribution in [3.8, 4) is 10.6 Å². The predicted octanol–water partition coefficient (Wildman–Crippen LogP) is 5.00. The highest BCUT2D eigenvalue weighted by Gasteiger charge is 2.23. The predicted molar refractivity (Wildman–Crippen MR) is 110 cm³/mol. The lowest BCUT2D eigenvalue weighted by Crippen LogP contribution is -2.30. The first-order chi connectivity index (χ1) is 13.3. The number of thiazole rings is 1. The molecule has 9 heteroatoms. The first-order valence-electron chi connectivity index (χ1n) is 8.21. The number of rotatable bonds is 5. The minimum absolute atomic E-state index is 0.152. The monoisotopic (exact) mass is 435 g/mol. The highest BCUT2D eigenvalue weighted by molar-refractivity contribution is 7.17. The van der Waals surface area contributed by atoms with E-state index < -0.39 is 18.0 Å². The van der Waals surface area contributed by atoms with Crippen molar-refractivity contribution in [3.63, 3.8) is 0 Å². The largest absolute Gasteiger partial charge is 0.448 e. The second-order valence-electron chi connectivity index (χ2n) is 5.82. The number of esters is 1. The fourth-order valence-electron chi connectivity index (χ4n) is 2.31. The third-order valence-corrected chi connectivity index (χ3v) is 5.45. The van der Waals surface area contributed by atoms with Gasteiger partial charge in [0.2, 0.25) is 0 Å². The number of aromatic nitrogens is 2. The lowest BCUT2D eigenvalue weighted by molar-refractivity contribution is -0.123. The molecule has 3 aromatic rings. The molecule has 0 radical (unpaired) electrons. The van der Waals surface area contributed by atoms with Crippen molar-refractivity contribution >= 4 is 52.1 Å². The number of halogens is 2. The van der Waals surface area contributed by atoms with E-state index in [4.69, 9.17) is 27.9 Å². The Labute approximate surface area is 175 Å². The molecule has 1 aromatic carbocycles. The van der Waals surface area contributed by atoms with Crippen LogP contribution in [0, 0.1) is 6.92 Å². The van der Waals surface area contributed by atoms with Gasteiger partial charge in [0.25, 0.3) is 5.91 Å². The number of benzene rings is 1. The molecule has 1 N–H and O–H groups in total. The van der Waals surface area contributed by atoms with Crippen molar-refractivity contribution in [1.82, 2.24) is 9.97 Å². The number of aryl methyl sites for hydroxylation is 1. The summed E-state index contributed by atoms with van der Waals surface area (Å²) in [6.07, 6.45) is 0.478. The zero-order chi connectivity index (χ0) is 20.3. The van der Waals surface area contributed by atoms with E-state index in [9.17, 15) is 9.59 Å². The summed E-state index contributed by atoms with van der Waals surface area (Å²) >= 11 is 13.1. The van der Waals surface area contributed by atoms with Gasteiger partial charge in [0.1, 0.15) is 9.88 Å². The molecule has 1 amide bonds. The van der Waals surface area contributed by atoms with Crippen LogP contribution in [0.25, 0.3) is 10.6 Å². The molecule has 2 heterocycles. The Hall–Kier alpha value is -2.48. The van der Waals surface area contributed by atoms with Gasteiger partial charge in [0.15, 0.2) is 11.3 Å². The third-order valence-electron chi connectivity index (χ3n) is 3.72. The summed E-state index contributed by atoms with van der Waals surface area (Å²) in [5.74, 6) is -1.14. The number of nitrogens with zero attached hydrogens (tertiary/aromatic N) is 2. The fourth-order valence-corrected chi connectivity index (χ4v) is 3.61. The van der Waals surface area contributed by atoms with Crippen LogP contribution < -0.4 is 5.32 Å². The Morgan fingerprint density at radius 1 is 1.21 bits per heavy atom. The van der Waals surface area contributed by atoms with Crippen molar-refractivity contribution in [2.24, 2.45) is 0 Å². The average Bonchev–Trinajstić information content (AvgIpc) is 3.05. The quantitative estimate of drug-likeness (QED) is 0.450. The summed E-state index contributed by atoms with van der Waals surface area (Å²) in [6, 6.07) is 10.4. The van der Waals surface area contributed by atoms with E-state index in [2.05, 4.69) is 15.3 Å². The number of anilines is 1. The van der Waals surface area contributed by atoms with E-state index in [1.165, 1.54) is 24.5 Å². The van der Waals surface area contributed by atoms with Crippen molar-refractivity contribution in [2.45, 2.75) is 20.0 Å². The minimum Gasteiger partial charge on any atom is -0.448 e. The minimum atomic E-state index is -1.03. The van der Waals surface area contributed by atoms with Gasteiger partial charge in [-0.05, 0) is 38.1 Å². The number of amides is 1. The summed E-state index contributed by atoms with van der Waals surface area (Å²) in [7, 11) is 0. The van der Waals surface area contributed by atoms with Crippen LogP contribution in [0.15, 0.2) is 42.6 Å². The molecule has 0 aliphatic heterocycles. The molecular weight excluding hydrogens is 421 g/mol. The van der Waals surface area contributed by atoms with Gasteiger partial charge in [-0.25, -0.2) is 14.8 Å². The molecule has 144 valence electrons. The van der Waals surface area contributed by atoms with Crippen LogP contribution in [0.5, 0.6) is 0 Å². The second-order valence-corrected chi connectivity index (χ2v) is 7.62. The Morgan fingerprint density at radius 2 is 2.00 bits per heavy atom. The zero-order valence-electron chi connectivity index (χ0n) is 14.9. The van der Waals surface area contributed by atoms with Gasteiger partial charge in [0, 0.05) is 16.8 Å². The molecule has 0 bridgehead atoms. The van der Waals surface area contributed by atoms with Crippen LogP contribution in [0.1, 0.15) is 22.3 Å². The molecule has 0 saturated heterocycles. The van der Waals surface area contributed by atoms with Crippen LogP contribution in [0.4, 0.5) is 5.69 Å². The summed E-state index contributed by atoms with van der Waals surface area (Å²) in [5, 5.41) is 3.96. The van der Waals surface area contributed by atoms with Gasteiger partial charge in [0.05, 0.1) is 11.4 Å². The van der Waals surface area contributed by atoms with Gasteiger partial charge in [-0.1, -0.05) is 35.3 Å². The summed E-state index contributed by atoms with van der Waals surface area (Å²) < 4.78 is 5.29. The van der Waals surface area contributed by atoms with E-state index in [1.54, 1.807) is 31.2 Å². The van der Waals surface area contributed by atoms with Crippen molar-refractivity contribution in [3.05, 3.63) is 63.3 Å². The van der Waals surface area contributed by atoms with Crippen molar-refractivity contribution in [1.29, 1.82) is 0 Å². The molecule has 0 spiro atoms. The van der Waals surface area contributed by atoms with Crippen LogP contribution in [-0.4, -0.2) is 27.9 Å². The van der Waals surface area contributed by atoms with Gasteiger partial charge in [-0.3, -0.25) is 4.79 Å². The summed E-state index contributed by atoms with van der Waals surface area (Å²) in [6.45, 7) is 3.19. The number of hydrogen-bond acceptors (Lipinski definition) is 6. The lowest BCUT2D eigenvalue weighted by atomic mass is 10.2. The average molecular weight is 436 g/mol. The smallest absolute Gasteiger partial charge is 0.351 e. The van der Waals surface area contributed by atoms with Crippen molar-refractivity contribution < 1.29 is 14.3 Å². The Balaban J connectivity index is 1.70. The summed E-state index contributed by atoms with van der Waals surface area (Å²) in [4.78, 5) is 33.4. The first-order valence-corrected chi connectivity index (χ1v) is 9.78. The molecule has 0 aliphatic rings. The third kappa shape index (κ3) is 4.67. The lowest BCUT2D eigenvalue weighted by Gasteiger charge is -2.13. The van der Waals surface area contributed by atoms with Gasteiger partial charge < -0.3 is 10.1 Å². The SMILES string of the molecule is Cc1nc(-c2cccc(Cl)c2)sc1C(=O)OC(C)C(=O)Nc1cccnc1Cl. The number of carbonyl (C=O) groups is 2. The van der Waals surface area contributed by atoms with Crippen LogP contribution in [-0.2, 0) is 9.53 Å². The number of nitrogens with one attached hydrogen (secondary N) is 1. The Morgan fingerprint density at radius 3 is 2.71 bits per heavy atom. The molecule has 1 atom stereocenters. The number of carbonyl (C=O) groups excluding carboxylic acids is 2. The molecule has 3 rings (SSSR count). The fraction of sp³-hybridized carbons (Fsp3) is 0.158. The molecule has 0 fully saturated rings. The molecule has 1 unspecified atom stereocenters. The number of ether oxygens (including phenoxy) is 1. The zero-order valence-corrected chi connectivity index (χ0v) is 17.2. The molecular formula is C19H15Cl2N3O3S. The maximum absolute atomic E-state index is 12.5. The highest BCUT2D eigenvalue weighted by atomic mass is 35.5. The standard InChI is InChI=1S/C19H15Cl2N3O3S/c1-10-15(28-18(23-10)12-5-3-6-13(20)9-12)19(26)27-11(2)17(25)24-14-7-4-8-22-16(14)21/h3-9,11H,1-2H3,(H,24,25). The molecule has 28 heavy (non-hydrogen) atoms. The molecule has 0 aliphatic carbocycles.